The van der Waals surface area contributed by atoms with E-state index in [1.165, 1.54) is 289 Å². The van der Waals surface area contributed by atoms with E-state index in [9.17, 15) is 19.8 Å². The van der Waals surface area contributed by atoms with Crippen LogP contribution in [0.15, 0.2) is 24.3 Å². The van der Waals surface area contributed by atoms with Crippen molar-refractivity contribution in [2.24, 2.45) is 0 Å². The van der Waals surface area contributed by atoms with Crippen LogP contribution >= 0.6 is 0 Å². The molecule has 6 nitrogen and oxygen atoms in total. The number of esters is 1. The molecule has 0 aromatic heterocycles. The van der Waals surface area contributed by atoms with E-state index in [1.807, 2.05) is 0 Å². The summed E-state index contributed by atoms with van der Waals surface area (Å²) in [5, 5.41) is 23.3. The van der Waals surface area contributed by atoms with Gasteiger partial charge in [-0.05, 0) is 57.8 Å². The molecule has 0 radical (unpaired) electrons. The summed E-state index contributed by atoms with van der Waals surface area (Å²) in [4.78, 5) is 24.6. The number of aliphatic hydroxyl groups excluding tert-OH is 2. The van der Waals surface area contributed by atoms with Crippen LogP contribution in [0.3, 0.4) is 0 Å². The van der Waals surface area contributed by atoms with Crippen molar-refractivity contribution in [2.75, 3.05) is 13.2 Å². The predicted octanol–water partition coefficient (Wildman–Crippen LogP) is 21.4. The molecule has 0 aromatic rings. The number of amides is 1. The highest BCUT2D eigenvalue weighted by Gasteiger charge is 2.20. The largest absolute Gasteiger partial charge is 0.466 e. The van der Waals surface area contributed by atoms with Crippen molar-refractivity contribution in [3.63, 3.8) is 0 Å². The maximum atomic E-state index is 12.5. The molecule has 0 aliphatic heterocycles. The molecule has 0 rings (SSSR count). The highest BCUT2D eigenvalue weighted by molar-refractivity contribution is 5.76. The zero-order chi connectivity index (χ0) is 53.6. The number of aliphatic hydroxyl groups is 2. The van der Waals surface area contributed by atoms with Crippen LogP contribution < -0.4 is 5.32 Å². The summed E-state index contributed by atoms with van der Waals surface area (Å²) in [7, 11) is 0. The van der Waals surface area contributed by atoms with E-state index in [-0.39, 0.29) is 18.5 Å². The van der Waals surface area contributed by atoms with Gasteiger partial charge in [0, 0.05) is 12.8 Å². The third-order valence-electron chi connectivity index (χ3n) is 15.8. The molecule has 6 heteroatoms. The highest BCUT2D eigenvalue weighted by atomic mass is 16.5. The van der Waals surface area contributed by atoms with Gasteiger partial charge in [0.1, 0.15) is 0 Å². The predicted molar refractivity (Wildman–Crippen MR) is 324 cm³/mol. The van der Waals surface area contributed by atoms with Gasteiger partial charge in [0.25, 0.3) is 0 Å². The smallest absolute Gasteiger partial charge is 0.305 e. The van der Waals surface area contributed by atoms with Crippen LogP contribution in [0.4, 0.5) is 0 Å². The zero-order valence-corrected chi connectivity index (χ0v) is 50.1. The first-order valence-corrected chi connectivity index (χ1v) is 33.6. The molecular weight excluding hydrogens is 911 g/mol. The van der Waals surface area contributed by atoms with Gasteiger partial charge >= 0.3 is 5.97 Å². The number of allylic oxidation sites excluding steroid dienone is 4. The van der Waals surface area contributed by atoms with Crippen LogP contribution in [-0.2, 0) is 14.3 Å². The first kappa shape index (κ1) is 72.3. The lowest BCUT2D eigenvalue weighted by Gasteiger charge is -2.22. The van der Waals surface area contributed by atoms with Crippen molar-refractivity contribution < 1.29 is 24.5 Å². The second-order valence-electron chi connectivity index (χ2n) is 23.2. The Morgan fingerprint density at radius 1 is 0.378 bits per heavy atom. The SMILES string of the molecule is CCCCC/C=C\C/C=C\CCCCCCCCCC(=O)OCCCCCCCCCCCCCCCCCCCCCCCCCCCC(=O)NC(CO)C(O)CCCCCCCCCCCCCCCCC. The summed E-state index contributed by atoms with van der Waals surface area (Å²) in [6.45, 7) is 4.95. The van der Waals surface area contributed by atoms with Gasteiger partial charge in [0.15, 0.2) is 0 Å². The lowest BCUT2D eigenvalue weighted by atomic mass is 10.0. The molecule has 0 fully saturated rings. The van der Waals surface area contributed by atoms with Gasteiger partial charge < -0.3 is 20.3 Å². The number of rotatable bonds is 63. The first-order valence-electron chi connectivity index (χ1n) is 33.6. The van der Waals surface area contributed by atoms with E-state index in [0.29, 0.717) is 25.9 Å². The topological polar surface area (TPSA) is 95.9 Å². The average Bonchev–Trinajstić information content (AvgIpc) is 3.40. The number of nitrogens with one attached hydrogen (secondary N) is 1. The van der Waals surface area contributed by atoms with Crippen LogP contribution in [0.2, 0.25) is 0 Å². The lowest BCUT2D eigenvalue weighted by Crippen LogP contribution is -2.45. The standard InChI is InChI=1S/C68H131NO5/c1-3-5-7-9-11-13-15-17-19-29-34-38-42-46-50-54-58-62-68(73)74-63-59-55-51-47-43-39-35-31-28-26-24-22-20-21-23-25-27-30-33-37-41-45-49-53-57-61-67(72)69-65(64-70)66(71)60-56-52-48-44-40-36-32-18-16-14-12-10-8-6-4-2/h11,13,17,19,65-66,70-71H,3-10,12,14-16,18,20-64H2,1-2H3,(H,69,72)/b13-11-,19-17-. The monoisotopic (exact) mass is 1040 g/mol. The summed E-state index contributed by atoms with van der Waals surface area (Å²) in [5.74, 6) is -0.0215. The number of carbonyl (C=O) groups is 2. The van der Waals surface area contributed by atoms with Crippen molar-refractivity contribution in [3.05, 3.63) is 24.3 Å². The second kappa shape index (κ2) is 63.9. The van der Waals surface area contributed by atoms with Crippen LogP contribution in [0.5, 0.6) is 0 Å². The van der Waals surface area contributed by atoms with Crippen molar-refractivity contribution in [2.45, 2.75) is 386 Å². The number of hydrogen-bond donors (Lipinski definition) is 3. The molecule has 74 heavy (non-hydrogen) atoms. The maximum Gasteiger partial charge on any atom is 0.305 e. The zero-order valence-electron chi connectivity index (χ0n) is 50.1. The highest BCUT2D eigenvalue weighted by Crippen LogP contribution is 2.19. The summed E-state index contributed by atoms with van der Waals surface area (Å²) in [6.07, 6.45) is 79.2. The fraction of sp³-hybridized carbons (Fsp3) is 0.912. The van der Waals surface area contributed by atoms with Gasteiger partial charge in [-0.2, -0.15) is 0 Å². The Kier molecular flexibility index (Phi) is 62.4. The fourth-order valence-corrected chi connectivity index (χ4v) is 10.6. The average molecular weight is 1040 g/mol. The van der Waals surface area contributed by atoms with E-state index >= 15 is 0 Å². The molecule has 0 aliphatic rings. The number of ether oxygens (including phenoxy) is 1. The van der Waals surface area contributed by atoms with E-state index in [4.69, 9.17) is 4.74 Å². The molecule has 0 aromatic carbocycles. The minimum atomic E-state index is -0.663. The first-order chi connectivity index (χ1) is 36.5. The Hall–Kier alpha value is -1.66. The quantitative estimate of drug-likeness (QED) is 0.0320. The molecule has 3 N–H and O–H groups in total. The summed E-state index contributed by atoms with van der Waals surface area (Å²) < 4.78 is 5.50. The van der Waals surface area contributed by atoms with Gasteiger partial charge in [-0.1, -0.05) is 327 Å². The molecule has 2 atom stereocenters. The summed E-state index contributed by atoms with van der Waals surface area (Å²) in [5.41, 5.74) is 0. The molecule has 0 spiro atoms. The molecule has 0 heterocycles. The van der Waals surface area contributed by atoms with E-state index in [2.05, 4.69) is 43.5 Å². The number of unbranched alkanes of at least 4 members (excludes halogenated alkanes) is 48. The Morgan fingerprint density at radius 3 is 1.05 bits per heavy atom. The van der Waals surface area contributed by atoms with Gasteiger partial charge in [-0.15, -0.1) is 0 Å². The van der Waals surface area contributed by atoms with Crippen molar-refractivity contribution in [1.82, 2.24) is 5.32 Å². The molecule has 438 valence electrons. The normalized spacial score (nSPS) is 12.6. The van der Waals surface area contributed by atoms with Crippen molar-refractivity contribution in [1.29, 1.82) is 0 Å². The van der Waals surface area contributed by atoms with Gasteiger partial charge in [0.2, 0.25) is 5.91 Å². The molecule has 0 bridgehead atoms. The molecule has 1 amide bonds. The van der Waals surface area contributed by atoms with Crippen molar-refractivity contribution >= 4 is 11.9 Å². The van der Waals surface area contributed by atoms with Crippen LogP contribution in [0.1, 0.15) is 373 Å². The number of hydrogen-bond acceptors (Lipinski definition) is 5. The Morgan fingerprint density at radius 2 is 0.676 bits per heavy atom. The molecular formula is C68H131NO5. The molecule has 2 unspecified atom stereocenters. The van der Waals surface area contributed by atoms with Crippen molar-refractivity contribution in [3.8, 4) is 0 Å². The minimum Gasteiger partial charge on any atom is -0.466 e. The minimum absolute atomic E-state index is 0.00925. The molecule has 0 aliphatic carbocycles. The number of carbonyl (C=O) groups excluding carboxylic acids is 2. The van der Waals surface area contributed by atoms with E-state index in [1.54, 1.807) is 0 Å². The second-order valence-corrected chi connectivity index (χ2v) is 23.2. The summed E-state index contributed by atoms with van der Waals surface area (Å²) in [6, 6.07) is -0.540. The Bertz CT molecular complexity index is 1150. The van der Waals surface area contributed by atoms with Crippen LogP contribution in [0, 0.1) is 0 Å². The van der Waals surface area contributed by atoms with Crippen LogP contribution in [-0.4, -0.2) is 47.4 Å². The fourth-order valence-electron chi connectivity index (χ4n) is 10.6. The Labute approximate surface area is 462 Å². The van der Waals surface area contributed by atoms with E-state index in [0.717, 1.165) is 51.4 Å². The maximum absolute atomic E-state index is 12.5. The van der Waals surface area contributed by atoms with Gasteiger partial charge in [-0.25, -0.2) is 0 Å². The Balaban J connectivity index is 3.35. The van der Waals surface area contributed by atoms with Gasteiger partial charge in [0.05, 0.1) is 25.4 Å². The lowest BCUT2D eigenvalue weighted by molar-refractivity contribution is -0.143. The van der Waals surface area contributed by atoms with Gasteiger partial charge in [-0.3, -0.25) is 9.59 Å². The van der Waals surface area contributed by atoms with E-state index < -0.39 is 12.1 Å². The molecule has 0 saturated heterocycles. The third-order valence-corrected chi connectivity index (χ3v) is 15.8. The summed E-state index contributed by atoms with van der Waals surface area (Å²) >= 11 is 0. The molecule has 0 saturated carbocycles. The van der Waals surface area contributed by atoms with Crippen LogP contribution in [0.25, 0.3) is 0 Å². The third kappa shape index (κ3) is 59.6.